The van der Waals surface area contributed by atoms with E-state index in [-0.39, 0.29) is 5.78 Å². The Bertz CT molecular complexity index is 196. The molecule has 0 bridgehead atoms. The topological polar surface area (TPSA) is 20.3 Å². The van der Waals surface area contributed by atoms with Crippen LogP contribution in [0.1, 0.15) is 26.7 Å². The zero-order chi connectivity index (χ0) is 8.97. The molecule has 1 heterocycles. The Labute approximate surface area is 74.2 Å². The van der Waals surface area contributed by atoms with Crippen LogP contribution in [0.2, 0.25) is 0 Å². The van der Waals surface area contributed by atoms with Crippen LogP contribution in [-0.2, 0) is 4.79 Å². The van der Waals surface area contributed by atoms with Gasteiger partial charge < -0.3 is 0 Å². The van der Waals surface area contributed by atoms with Crippen LogP contribution in [0.25, 0.3) is 0 Å². The van der Waals surface area contributed by atoms with Gasteiger partial charge in [-0.2, -0.15) is 0 Å². The lowest BCUT2D eigenvalue weighted by molar-refractivity contribution is -0.116. The first-order chi connectivity index (χ1) is 5.72. The minimum absolute atomic E-state index is 0.277. The number of hydrogen-bond acceptors (Lipinski definition) is 2. The van der Waals surface area contributed by atoms with E-state index in [2.05, 4.69) is 17.9 Å². The van der Waals surface area contributed by atoms with Crippen LogP contribution < -0.4 is 0 Å². The summed E-state index contributed by atoms with van der Waals surface area (Å²) < 4.78 is 0. The molecule has 1 aliphatic rings. The number of rotatable bonds is 3. The van der Waals surface area contributed by atoms with Crippen LogP contribution in [0.15, 0.2) is 11.6 Å². The molecule has 0 aliphatic carbocycles. The van der Waals surface area contributed by atoms with E-state index >= 15 is 0 Å². The molecule has 0 radical (unpaired) electrons. The van der Waals surface area contributed by atoms with Gasteiger partial charge in [-0.25, -0.2) is 0 Å². The molecule has 0 saturated heterocycles. The van der Waals surface area contributed by atoms with E-state index in [1.54, 1.807) is 6.92 Å². The molecule has 0 N–H and O–H groups in total. The third kappa shape index (κ3) is 2.78. The van der Waals surface area contributed by atoms with Crippen LogP contribution in [0.4, 0.5) is 0 Å². The lowest BCUT2D eigenvalue weighted by Crippen LogP contribution is -2.30. The first-order valence-corrected chi connectivity index (χ1v) is 4.62. The molecule has 1 rings (SSSR count). The molecule has 0 amide bonds. The number of hydrogen-bond donors (Lipinski definition) is 0. The molecule has 0 unspecified atom stereocenters. The van der Waals surface area contributed by atoms with Crippen LogP contribution in [-0.4, -0.2) is 30.3 Å². The summed E-state index contributed by atoms with van der Waals surface area (Å²) in [7, 11) is 0. The van der Waals surface area contributed by atoms with Crippen LogP contribution in [0.3, 0.4) is 0 Å². The van der Waals surface area contributed by atoms with E-state index in [4.69, 9.17) is 0 Å². The maximum Gasteiger partial charge on any atom is 0.133 e. The van der Waals surface area contributed by atoms with Crippen molar-refractivity contribution in [3.05, 3.63) is 11.6 Å². The van der Waals surface area contributed by atoms with E-state index in [9.17, 15) is 4.79 Å². The largest absolute Gasteiger partial charge is 0.300 e. The normalized spacial score (nSPS) is 19.0. The molecule has 0 saturated carbocycles. The Hall–Kier alpha value is -0.630. The quantitative estimate of drug-likeness (QED) is 0.595. The van der Waals surface area contributed by atoms with Crippen molar-refractivity contribution in [2.45, 2.75) is 26.7 Å². The highest BCUT2D eigenvalue weighted by atomic mass is 16.1. The Kier molecular flexibility index (Phi) is 3.48. The van der Waals surface area contributed by atoms with Gasteiger partial charge in [-0.15, -0.1) is 0 Å². The standard InChI is InChI=1S/C10H17NO/c1-3-11-6-4-5-10(8-11)7-9(2)12/h5H,3-4,6-8H2,1-2H3. The number of carbonyl (C=O) groups excluding carboxylic acids is 1. The molecular formula is C10H17NO. The summed E-state index contributed by atoms with van der Waals surface area (Å²) in [5, 5.41) is 0. The molecule has 0 aromatic heterocycles. The number of likely N-dealkylation sites (N-methyl/N-ethyl adjacent to an activating group) is 1. The van der Waals surface area contributed by atoms with Gasteiger partial charge in [-0.05, 0) is 19.9 Å². The van der Waals surface area contributed by atoms with Gasteiger partial charge in [0, 0.05) is 19.5 Å². The summed E-state index contributed by atoms with van der Waals surface area (Å²) in [5.74, 6) is 0.277. The number of Topliss-reactive ketones (excluding diaryl/α,β-unsaturated/α-hetero) is 1. The van der Waals surface area contributed by atoms with Crippen LogP contribution >= 0.6 is 0 Å². The highest BCUT2D eigenvalue weighted by Gasteiger charge is 2.11. The summed E-state index contributed by atoms with van der Waals surface area (Å²) in [5.41, 5.74) is 1.30. The van der Waals surface area contributed by atoms with Crippen molar-refractivity contribution in [2.24, 2.45) is 0 Å². The Morgan fingerprint density at radius 2 is 2.42 bits per heavy atom. The fourth-order valence-electron chi connectivity index (χ4n) is 1.60. The lowest BCUT2D eigenvalue weighted by Gasteiger charge is -2.25. The lowest BCUT2D eigenvalue weighted by atomic mass is 10.0. The summed E-state index contributed by atoms with van der Waals surface area (Å²) in [6.45, 7) is 7.06. The molecule has 0 fully saturated rings. The second kappa shape index (κ2) is 4.41. The molecule has 0 aromatic carbocycles. The molecule has 2 heteroatoms. The van der Waals surface area contributed by atoms with E-state index in [1.165, 1.54) is 5.57 Å². The van der Waals surface area contributed by atoms with E-state index in [1.807, 2.05) is 0 Å². The Balaban J connectivity index is 2.44. The van der Waals surface area contributed by atoms with Gasteiger partial charge >= 0.3 is 0 Å². The minimum Gasteiger partial charge on any atom is -0.300 e. The van der Waals surface area contributed by atoms with Gasteiger partial charge in [-0.1, -0.05) is 18.6 Å². The molecule has 0 aromatic rings. The Morgan fingerprint density at radius 3 is 3.00 bits per heavy atom. The third-order valence-electron chi connectivity index (χ3n) is 2.23. The van der Waals surface area contributed by atoms with Crippen molar-refractivity contribution < 1.29 is 4.79 Å². The molecule has 0 atom stereocenters. The fraction of sp³-hybridized carbons (Fsp3) is 0.700. The molecular weight excluding hydrogens is 150 g/mol. The first-order valence-electron chi connectivity index (χ1n) is 4.62. The second-order valence-corrected chi connectivity index (χ2v) is 3.40. The first kappa shape index (κ1) is 9.46. The van der Waals surface area contributed by atoms with Crippen molar-refractivity contribution in [3.63, 3.8) is 0 Å². The van der Waals surface area contributed by atoms with Crippen LogP contribution in [0, 0.1) is 0 Å². The maximum atomic E-state index is 10.8. The minimum atomic E-state index is 0.277. The zero-order valence-electron chi connectivity index (χ0n) is 7.97. The summed E-state index contributed by atoms with van der Waals surface area (Å²) >= 11 is 0. The van der Waals surface area contributed by atoms with Gasteiger partial charge in [0.25, 0.3) is 0 Å². The fourth-order valence-corrected chi connectivity index (χ4v) is 1.60. The number of nitrogens with zero attached hydrogens (tertiary/aromatic N) is 1. The van der Waals surface area contributed by atoms with Crippen molar-refractivity contribution >= 4 is 5.78 Å². The van der Waals surface area contributed by atoms with Gasteiger partial charge in [0.15, 0.2) is 0 Å². The summed E-state index contributed by atoms with van der Waals surface area (Å²) in [6.07, 6.45) is 3.97. The average molecular weight is 167 g/mol. The summed E-state index contributed by atoms with van der Waals surface area (Å²) in [6, 6.07) is 0. The average Bonchev–Trinajstić information content (AvgIpc) is 2.03. The molecule has 2 nitrogen and oxygen atoms in total. The second-order valence-electron chi connectivity index (χ2n) is 3.40. The van der Waals surface area contributed by atoms with Crippen molar-refractivity contribution in [3.8, 4) is 0 Å². The third-order valence-corrected chi connectivity index (χ3v) is 2.23. The molecule has 1 aliphatic heterocycles. The molecule has 12 heavy (non-hydrogen) atoms. The van der Waals surface area contributed by atoms with Gasteiger partial charge in [0.05, 0.1) is 0 Å². The monoisotopic (exact) mass is 167 g/mol. The molecule has 0 spiro atoms. The maximum absolute atomic E-state index is 10.8. The van der Waals surface area contributed by atoms with Crippen molar-refractivity contribution in [1.29, 1.82) is 0 Å². The van der Waals surface area contributed by atoms with E-state index < -0.39 is 0 Å². The van der Waals surface area contributed by atoms with Crippen molar-refractivity contribution in [1.82, 2.24) is 4.90 Å². The molecule has 68 valence electrons. The smallest absolute Gasteiger partial charge is 0.133 e. The SMILES string of the molecule is CCN1CCC=C(CC(C)=O)C1. The van der Waals surface area contributed by atoms with Gasteiger partial charge in [0.2, 0.25) is 0 Å². The predicted molar refractivity (Wildman–Crippen MR) is 50.1 cm³/mol. The zero-order valence-corrected chi connectivity index (χ0v) is 7.97. The number of ketones is 1. The van der Waals surface area contributed by atoms with E-state index in [0.717, 1.165) is 26.1 Å². The highest BCUT2D eigenvalue weighted by molar-refractivity contribution is 5.78. The summed E-state index contributed by atoms with van der Waals surface area (Å²) in [4.78, 5) is 13.2. The van der Waals surface area contributed by atoms with E-state index in [0.29, 0.717) is 6.42 Å². The van der Waals surface area contributed by atoms with Crippen LogP contribution in [0.5, 0.6) is 0 Å². The predicted octanol–water partition coefficient (Wildman–Crippen LogP) is 1.62. The van der Waals surface area contributed by atoms with Crippen molar-refractivity contribution in [2.75, 3.05) is 19.6 Å². The highest BCUT2D eigenvalue weighted by Crippen LogP contribution is 2.12. The van der Waals surface area contributed by atoms with Gasteiger partial charge in [-0.3, -0.25) is 9.69 Å². The Morgan fingerprint density at radius 1 is 1.67 bits per heavy atom. The van der Waals surface area contributed by atoms with Gasteiger partial charge in [0.1, 0.15) is 5.78 Å². The number of carbonyl (C=O) groups is 1.